The zero-order chi connectivity index (χ0) is 27.4. The minimum absolute atomic E-state index is 0.104. The van der Waals surface area contributed by atoms with E-state index in [2.05, 4.69) is 17.1 Å². The van der Waals surface area contributed by atoms with Gasteiger partial charge in [-0.25, -0.2) is 9.18 Å². The van der Waals surface area contributed by atoms with E-state index in [1.165, 1.54) is 12.1 Å². The number of aryl methyl sites for hydroxylation is 1. The summed E-state index contributed by atoms with van der Waals surface area (Å²) in [7, 11) is 0. The van der Waals surface area contributed by atoms with Crippen LogP contribution >= 0.6 is 0 Å². The molecular weight excluding hydrogens is 495 g/mol. The Morgan fingerprint density at radius 2 is 1.69 bits per heavy atom. The molecule has 6 nitrogen and oxygen atoms in total. The largest absolute Gasteiger partial charge is 0.487 e. The van der Waals surface area contributed by atoms with E-state index in [4.69, 9.17) is 4.74 Å². The number of halogens is 1. The maximum Gasteiger partial charge on any atom is 0.336 e. The molecule has 4 aromatic rings. The van der Waals surface area contributed by atoms with Gasteiger partial charge in [0.25, 0.3) is 0 Å². The molecule has 0 unspecified atom stereocenters. The number of carboxylic acids is 1. The Hall–Kier alpha value is -4.65. The summed E-state index contributed by atoms with van der Waals surface area (Å²) in [5, 5.41) is 12.4. The molecule has 4 aromatic carbocycles. The van der Waals surface area contributed by atoms with Crippen LogP contribution in [0.1, 0.15) is 28.4 Å². The maximum atomic E-state index is 14.8. The lowest BCUT2D eigenvalue weighted by atomic mass is 9.95. The van der Waals surface area contributed by atoms with Crippen LogP contribution in [0.3, 0.4) is 0 Å². The van der Waals surface area contributed by atoms with E-state index in [0.29, 0.717) is 24.4 Å². The number of hydrogen-bond donors (Lipinski definition) is 2. The first-order chi connectivity index (χ1) is 18.9. The second-order valence-electron chi connectivity index (χ2n) is 9.56. The van der Waals surface area contributed by atoms with Crippen LogP contribution in [0.15, 0.2) is 91.0 Å². The van der Waals surface area contributed by atoms with Crippen molar-refractivity contribution >= 4 is 23.3 Å². The molecule has 0 saturated carbocycles. The molecule has 1 saturated heterocycles. The van der Waals surface area contributed by atoms with E-state index in [0.717, 1.165) is 28.8 Å². The zero-order valence-electron chi connectivity index (χ0n) is 21.6. The fourth-order valence-corrected chi connectivity index (χ4v) is 4.80. The first kappa shape index (κ1) is 26.0. The average molecular weight is 525 g/mol. The number of rotatable bonds is 9. The molecule has 198 valence electrons. The molecule has 1 fully saturated rings. The van der Waals surface area contributed by atoms with Gasteiger partial charge in [0.1, 0.15) is 17.7 Å². The predicted octanol–water partition coefficient (Wildman–Crippen LogP) is 6.20. The summed E-state index contributed by atoms with van der Waals surface area (Å²) in [4.78, 5) is 26.4. The second-order valence-corrected chi connectivity index (χ2v) is 9.56. The number of carbonyl (C=O) groups is 2. The number of nitrogens with zero attached hydrogens (tertiary/aromatic N) is 1. The normalized spacial score (nSPS) is 13.0. The highest BCUT2D eigenvalue weighted by Crippen LogP contribution is 2.37. The van der Waals surface area contributed by atoms with Crippen molar-refractivity contribution in [2.45, 2.75) is 25.9 Å². The van der Waals surface area contributed by atoms with E-state index < -0.39 is 11.8 Å². The van der Waals surface area contributed by atoms with Crippen molar-refractivity contribution in [1.29, 1.82) is 0 Å². The Bertz CT molecular complexity index is 1500. The summed E-state index contributed by atoms with van der Waals surface area (Å²) in [5.74, 6) is -1.47. The van der Waals surface area contributed by atoms with Crippen molar-refractivity contribution in [2.75, 3.05) is 23.3 Å². The number of nitrogens with one attached hydrogen (secondary N) is 1. The molecule has 2 N–H and O–H groups in total. The molecule has 5 rings (SSSR count). The summed E-state index contributed by atoms with van der Waals surface area (Å²) in [5.41, 5.74) is 4.67. The van der Waals surface area contributed by atoms with Crippen molar-refractivity contribution in [3.63, 3.8) is 0 Å². The Morgan fingerprint density at radius 3 is 2.41 bits per heavy atom. The number of aromatic carboxylic acids is 1. The van der Waals surface area contributed by atoms with Gasteiger partial charge in [0.2, 0.25) is 5.91 Å². The second kappa shape index (κ2) is 11.4. The van der Waals surface area contributed by atoms with Gasteiger partial charge in [-0.3, -0.25) is 4.79 Å². The molecule has 0 bridgehead atoms. The highest BCUT2D eigenvalue weighted by atomic mass is 19.1. The van der Waals surface area contributed by atoms with Crippen LogP contribution in [-0.2, 0) is 17.6 Å². The SMILES string of the molecule is CCc1cccc(CC(=O)Nc2ccc(OC3CN(c4cccc(C(=O)O)c4-c4ccccc4)C3)cc2F)c1. The van der Waals surface area contributed by atoms with Gasteiger partial charge in [0, 0.05) is 17.3 Å². The smallest absolute Gasteiger partial charge is 0.336 e. The van der Waals surface area contributed by atoms with E-state index in [9.17, 15) is 19.1 Å². The number of carboxylic acid groups (broad SMARTS) is 1. The fourth-order valence-electron chi connectivity index (χ4n) is 4.80. The summed E-state index contributed by atoms with van der Waals surface area (Å²) in [6.07, 6.45) is 0.859. The maximum absolute atomic E-state index is 14.8. The molecule has 0 aromatic heterocycles. The number of hydrogen-bond acceptors (Lipinski definition) is 4. The van der Waals surface area contributed by atoms with Crippen LogP contribution in [0, 0.1) is 5.82 Å². The molecular formula is C32H29FN2O4. The molecule has 1 aliphatic rings. The Labute approximate surface area is 226 Å². The summed E-state index contributed by atoms with van der Waals surface area (Å²) in [6, 6.07) is 26.9. The lowest BCUT2D eigenvalue weighted by Crippen LogP contribution is -2.54. The monoisotopic (exact) mass is 524 g/mol. The van der Waals surface area contributed by atoms with Gasteiger partial charge in [-0.2, -0.15) is 0 Å². The van der Waals surface area contributed by atoms with Gasteiger partial charge in [-0.05, 0) is 47.4 Å². The molecule has 7 heteroatoms. The topological polar surface area (TPSA) is 78.9 Å². The van der Waals surface area contributed by atoms with Crippen LogP contribution in [0.25, 0.3) is 11.1 Å². The Morgan fingerprint density at radius 1 is 0.949 bits per heavy atom. The van der Waals surface area contributed by atoms with E-state index in [-0.39, 0.29) is 29.7 Å². The van der Waals surface area contributed by atoms with Gasteiger partial charge in [-0.15, -0.1) is 0 Å². The highest BCUT2D eigenvalue weighted by molar-refractivity contribution is 6.00. The molecule has 0 radical (unpaired) electrons. The van der Waals surface area contributed by atoms with Crippen LogP contribution in [0.4, 0.5) is 15.8 Å². The van der Waals surface area contributed by atoms with Crippen molar-refractivity contribution in [2.24, 2.45) is 0 Å². The minimum atomic E-state index is -0.985. The van der Waals surface area contributed by atoms with Crippen LogP contribution in [0.5, 0.6) is 5.75 Å². The molecule has 0 atom stereocenters. The number of ether oxygens (including phenoxy) is 1. The molecule has 1 amide bonds. The number of amides is 1. The van der Waals surface area contributed by atoms with E-state index in [1.807, 2.05) is 60.7 Å². The zero-order valence-corrected chi connectivity index (χ0v) is 21.6. The van der Waals surface area contributed by atoms with Crippen molar-refractivity contribution in [1.82, 2.24) is 0 Å². The van der Waals surface area contributed by atoms with Gasteiger partial charge in [0.15, 0.2) is 0 Å². The summed E-state index contributed by atoms with van der Waals surface area (Å²) >= 11 is 0. The third kappa shape index (κ3) is 5.93. The third-order valence-corrected chi connectivity index (χ3v) is 6.81. The molecule has 0 spiro atoms. The van der Waals surface area contributed by atoms with Crippen molar-refractivity contribution in [3.8, 4) is 16.9 Å². The Balaban J connectivity index is 1.22. The standard InChI is InChI=1S/C32H29FN2O4/c1-2-21-8-6-9-22(16-21)17-30(36)34-28-15-14-24(18-27(28)33)39-25-19-35(20-25)29-13-7-12-26(32(37)38)31(29)23-10-4-3-5-11-23/h3-16,18,25H,2,17,19-20H2,1H3,(H,34,36)(H,37,38). The molecule has 1 aliphatic heterocycles. The summed E-state index contributed by atoms with van der Waals surface area (Å²) in [6.45, 7) is 3.11. The minimum Gasteiger partial charge on any atom is -0.487 e. The van der Waals surface area contributed by atoms with Crippen LogP contribution in [-0.4, -0.2) is 36.2 Å². The molecule has 39 heavy (non-hydrogen) atoms. The van der Waals surface area contributed by atoms with Crippen molar-refractivity contribution in [3.05, 3.63) is 114 Å². The average Bonchev–Trinajstić information content (AvgIpc) is 2.92. The van der Waals surface area contributed by atoms with E-state index >= 15 is 0 Å². The number of benzene rings is 4. The lowest BCUT2D eigenvalue weighted by molar-refractivity contribution is -0.115. The highest BCUT2D eigenvalue weighted by Gasteiger charge is 2.32. The van der Waals surface area contributed by atoms with E-state index in [1.54, 1.807) is 18.2 Å². The van der Waals surface area contributed by atoms with Crippen LogP contribution < -0.4 is 15.0 Å². The van der Waals surface area contributed by atoms with Gasteiger partial charge in [0.05, 0.1) is 30.8 Å². The first-order valence-corrected chi connectivity index (χ1v) is 12.9. The number of anilines is 2. The van der Waals surface area contributed by atoms with Crippen LogP contribution in [0.2, 0.25) is 0 Å². The quantitative estimate of drug-likeness (QED) is 0.273. The molecule has 0 aliphatic carbocycles. The van der Waals surface area contributed by atoms with Crippen molar-refractivity contribution < 1.29 is 23.8 Å². The predicted molar refractivity (Wildman–Crippen MR) is 150 cm³/mol. The fraction of sp³-hybridized carbons (Fsp3) is 0.188. The van der Waals surface area contributed by atoms with Gasteiger partial charge >= 0.3 is 5.97 Å². The number of carbonyl (C=O) groups excluding carboxylic acids is 1. The third-order valence-electron chi connectivity index (χ3n) is 6.81. The first-order valence-electron chi connectivity index (χ1n) is 12.9. The summed E-state index contributed by atoms with van der Waals surface area (Å²) < 4.78 is 20.8. The Kier molecular flexibility index (Phi) is 7.59. The lowest BCUT2D eigenvalue weighted by Gasteiger charge is -2.41. The van der Waals surface area contributed by atoms with Gasteiger partial charge in [-0.1, -0.05) is 67.6 Å². The molecule has 1 heterocycles. The van der Waals surface area contributed by atoms with Gasteiger partial charge < -0.3 is 20.1 Å².